The van der Waals surface area contributed by atoms with Gasteiger partial charge in [0.05, 0.1) is 5.41 Å². The predicted octanol–water partition coefficient (Wildman–Crippen LogP) is 6.49. The minimum absolute atomic E-state index is 0.357. The van der Waals surface area contributed by atoms with Gasteiger partial charge in [-0.1, -0.05) is 103 Å². The van der Waals surface area contributed by atoms with Gasteiger partial charge < -0.3 is 11.1 Å². The number of nitrogens with one attached hydrogen (secondary N) is 1. The van der Waals surface area contributed by atoms with E-state index in [0.29, 0.717) is 0 Å². The van der Waals surface area contributed by atoms with E-state index < -0.39 is 0 Å². The lowest BCUT2D eigenvalue weighted by atomic mass is 9.67. The van der Waals surface area contributed by atoms with Gasteiger partial charge in [0.15, 0.2) is 0 Å². The first-order chi connectivity index (χ1) is 15.9. The van der Waals surface area contributed by atoms with Crippen molar-refractivity contribution in [3.05, 3.63) is 150 Å². The topological polar surface area (TPSA) is 38.0 Å². The summed E-state index contributed by atoms with van der Waals surface area (Å²) in [5, 5.41) is 3.54. The quantitative estimate of drug-likeness (QED) is 0.312. The Bertz CT molecular complexity index is 1230. The highest BCUT2D eigenvalue weighted by atomic mass is 14.9. The summed E-state index contributed by atoms with van der Waals surface area (Å²) in [5.74, 6) is 0. The molecule has 0 radical (unpaired) electrons. The molecule has 4 aromatic rings. The van der Waals surface area contributed by atoms with E-state index in [4.69, 9.17) is 5.73 Å². The van der Waals surface area contributed by atoms with Gasteiger partial charge in [-0.25, -0.2) is 0 Å². The highest BCUT2D eigenvalue weighted by Crippen LogP contribution is 2.56. The molecule has 0 bridgehead atoms. The van der Waals surface area contributed by atoms with Crippen molar-refractivity contribution in [2.24, 2.45) is 5.73 Å². The molecule has 0 aliphatic heterocycles. The van der Waals surface area contributed by atoms with Crippen molar-refractivity contribution in [3.63, 3.8) is 0 Å². The highest BCUT2D eigenvalue weighted by Gasteiger charge is 2.45. The molecule has 3 N–H and O–H groups in total. The smallest absolute Gasteiger partial charge is 0.0714 e. The molecular weight excluding hydrogens is 388 g/mol. The fraction of sp³-hybridized carbons (Fsp3) is 0.0667. The van der Waals surface area contributed by atoms with Crippen molar-refractivity contribution in [2.45, 2.75) is 5.41 Å². The first-order valence-electron chi connectivity index (χ1n) is 11.0. The van der Waals surface area contributed by atoms with E-state index in [1.54, 1.807) is 0 Å². The van der Waals surface area contributed by atoms with Crippen molar-refractivity contribution in [2.75, 3.05) is 11.9 Å². The molecule has 32 heavy (non-hydrogen) atoms. The van der Waals surface area contributed by atoms with E-state index in [9.17, 15) is 0 Å². The van der Waals surface area contributed by atoms with Crippen LogP contribution >= 0.6 is 0 Å². The molecule has 0 saturated carbocycles. The maximum absolute atomic E-state index is 5.41. The molecule has 1 aliphatic carbocycles. The molecule has 0 spiro atoms. The summed E-state index contributed by atoms with van der Waals surface area (Å²) in [6, 6.07) is 37.3. The summed E-state index contributed by atoms with van der Waals surface area (Å²) < 4.78 is 0. The molecule has 0 saturated heterocycles. The van der Waals surface area contributed by atoms with Crippen molar-refractivity contribution in [1.29, 1.82) is 0 Å². The molecule has 4 aromatic carbocycles. The Labute approximate surface area is 189 Å². The first-order valence-corrected chi connectivity index (χ1v) is 11.0. The Morgan fingerprint density at radius 2 is 1.28 bits per heavy atom. The zero-order chi connectivity index (χ0) is 21.8. The molecule has 2 nitrogen and oxygen atoms in total. The van der Waals surface area contributed by atoms with Crippen LogP contribution in [0.15, 0.2) is 128 Å². The van der Waals surface area contributed by atoms with Crippen molar-refractivity contribution in [3.8, 4) is 11.1 Å². The van der Waals surface area contributed by atoms with E-state index in [0.717, 1.165) is 12.2 Å². The SMILES string of the molecule is N/C=C\C=C/CNc1ccc2c(c1)C(c1ccccc1)(c1ccccc1)c1ccccc1-2. The third-order valence-electron chi connectivity index (χ3n) is 6.24. The van der Waals surface area contributed by atoms with Crippen molar-refractivity contribution < 1.29 is 0 Å². The molecule has 1 aliphatic rings. The normalized spacial score (nSPS) is 13.9. The third kappa shape index (κ3) is 3.21. The van der Waals surface area contributed by atoms with Crippen LogP contribution < -0.4 is 11.1 Å². The third-order valence-corrected chi connectivity index (χ3v) is 6.24. The van der Waals surface area contributed by atoms with E-state index in [1.807, 2.05) is 12.2 Å². The summed E-state index contributed by atoms with van der Waals surface area (Å²) in [7, 11) is 0. The van der Waals surface area contributed by atoms with Crippen molar-refractivity contribution >= 4 is 5.69 Å². The molecule has 0 atom stereocenters. The average Bonchev–Trinajstić information content (AvgIpc) is 3.15. The summed E-state index contributed by atoms with van der Waals surface area (Å²) >= 11 is 0. The van der Waals surface area contributed by atoms with Gasteiger partial charge in [0.2, 0.25) is 0 Å². The fourth-order valence-corrected chi connectivity index (χ4v) is 4.94. The standard InChI is InChI=1S/C30H26N2/c31-20-10-3-11-21-32-25-18-19-27-26-16-8-9-17-28(26)30(29(27)22-25,23-12-4-1-5-13-23)24-14-6-2-7-15-24/h1-20,22,32H,21,31H2/b11-3-,20-10-. The van der Waals surface area contributed by atoms with E-state index in [2.05, 4.69) is 115 Å². The Hall–Kier alpha value is -4.04. The minimum atomic E-state index is -0.357. The molecule has 0 aromatic heterocycles. The molecule has 2 heteroatoms. The monoisotopic (exact) mass is 414 g/mol. The Morgan fingerprint density at radius 1 is 0.656 bits per heavy atom. The van der Waals surface area contributed by atoms with E-state index >= 15 is 0 Å². The Balaban J connectivity index is 1.73. The predicted molar refractivity (Wildman–Crippen MR) is 135 cm³/mol. The maximum Gasteiger partial charge on any atom is 0.0714 e. The number of allylic oxidation sites excluding steroid dienone is 2. The number of rotatable bonds is 6. The van der Waals surface area contributed by atoms with Crippen LogP contribution in [0.5, 0.6) is 0 Å². The molecule has 0 unspecified atom stereocenters. The number of fused-ring (bicyclic) bond motifs is 3. The molecule has 156 valence electrons. The number of hydrogen-bond acceptors (Lipinski definition) is 2. The van der Waals surface area contributed by atoms with Crippen LogP contribution in [0.1, 0.15) is 22.3 Å². The van der Waals surface area contributed by atoms with Crippen LogP contribution in [-0.4, -0.2) is 6.54 Å². The summed E-state index contributed by atoms with van der Waals surface area (Å²) in [5.41, 5.74) is 14.0. The first kappa shape index (κ1) is 19.9. The van der Waals surface area contributed by atoms with Crippen LogP contribution in [0.25, 0.3) is 11.1 Å². The van der Waals surface area contributed by atoms with Crippen LogP contribution in [0.3, 0.4) is 0 Å². The lowest BCUT2D eigenvalue weighted by Crippen LogP contribution is -2.28. The molecule has 0 fully saturated rings. The summed E-state index contributed by atoms with van der Waals surface area (Å²) in [4.78, 5) is 0. The summed E-state index contributed by atoms with van der Waals surface area (Å²) in [6.45, 7) is 0.736. The molecular formula is C30H26N2. The van der Waals surface area contributed by atoms with Gasteiger partial charge in [-0.2, -0.15) is 0 Å². The zero-order valence-electron chi connectivity index (χ0n) is 17.9. The number of benzene rings is 4. The fourth-order valence-electron chi connectivity index (χ4n) is 4.94. The lowest BCUT2D eigenvalue weighted by Gasteiger charge is -2.34. The highest BCUT2D eigenvalue weighted by molar-refractivity contribution is 5.87. The lowest BCUT2D eigenvalue weighted by molar-refractivity contribution is 0.768. The largest absolute Gasteiger partial charge is 0.405 e. The number of nitrogens with two attached hydrogens (primary N) is 1. The second-order valence-corrected chi connectivity index (χ2v) is 7.98. The molecule has 5 rings (SSSR count). The van der Waals surface area contributed by atoms with Gasteiger partial charge in [0, 0.05) is 12.2 Å². The van der Waals surface area contributed by atoms with Crippen molar-refractivity contribution in [1.82, 2.24) is 0 Å². The zero-order valence-corrected chi connectivity index (χ0v) is 17.9. The van der Waals surface area contributed by atoms with Gasteiger partial charge in [-0.3, -0.25) is 0 Å². The second-order valence-electron chi connectivity index (χ2n) is 7.98. The van der Waals surface area contributed by atoms with Gasteiger partial charge in [0.1, 0.15) is 0 Å². The number of anilines is 1. The number of hydrogen-bond donors (Lipinski definition) is 2. The average molecular weight is 415 g/mol. The van der Waals surface area contributed by atoms with Gasteiger partial charge in [-0.05, 0) is 57.8 Å². The van der Waals surface area contributed by atoms with Gasteiger partial charge in [-0.15, -0.1) is 0 Å². The van der Waals surface area contributed by atoms with Gasteiger partial charge in [0.25, 0.3) is 0 Å². The minimum Gasteiger partial charge on any atom is -0.405 e. The molecule has 0 amide bonds. The second kappa shape index (κ2) is 8.60. The van der Waals surface area contributed by atoms with E-state index in [-0.39, 0.29) is 5.41 Å². The maximum atomic E-state index is 5.41. The van der Waals surface area contributed by atoms with Crippen LogP contribution in [0.2, 0.25) is 0 Å². The van der Waals surface area contributed by atoms with Crippen LogP contribution in [0, 0.1) is 0 Å². The van der Waals surface area contributed by atoms with Crippen LogP contribution in [-0.2, 0) is 5.41 Å². The summed E-state index contributed by atoms with van der Waals surface area (Å²) in [6.07, 6.45) is 7.38. The molecule has 0 heterocycles. The van der Waals surface area contributed by atoms with Crippen LogP contribution in [0.4, 0.5) is 5.69 Å². The van der Waals surface area contributed by atoms with E-state index in [1.165, 1.54) is 39.6 Å². The Kier molecular flexibility index (Phi) is 5.35. The van der Waals surface area contributed by atoms with Gasteiger partial charge >= 0.3 is 0 Å². The Morgan fingerprint density at radius 3 is 1.97 bits per heavy atom.